The molecular formula is C19H36O7. The Labute approximate surface area is 157 Å². The largest absolute Gasteiger partial charge is 0.473 e. The molecule has 26 heavy (non-hydrogen) atoms. The van der Waals surface area contributed by atoms with E-state index in [1.165, 1.54) is 7.40 Å². The Morgan fingerprint density at radius 2 is 1.08 bits per heavy atom. The summed E-state index contributed by atoms with van der Waals surface area (Å²) in [6, 6.07) is 0. The fourth-order valence-corrected chi connectivity index (χ4v) is 3.43. The van der Waals surface area contributed by atoms with Crippen molar-refractivity contribution in [3.8, 4) is 0 Å². The van der Waals surface area contributed by atoms with E-state index in [2.05, 4.69) is 4.74 Å². The van der Waals surface area contributed by atoms with E-state index in [1.807, 2.05) is 0 Å². The molecule has 7 heteroatoms. The van der Waals surface area contributed by atoms with Crippen LogP contribution in [0.1, 0.15) is 60.1 Å². The van der Waals surface area contributed by atoms with Gasteiger partial charge in [-0.15, -0.1) is 0 Å². The van der Waals surface area contributed by atoms with E-state index in [0.717, 1.165) is 51.4 Å². The molecule has 2 aliphatic rings. The van der Waals surface area contributed by atoms with Crippen LogP contribution in [0.3, 0.4) is 0 Å². The number of rotatable bonds is 5. The Bertz CT molecular complexity index is 378. The molecule has 0 spiro atoms. The number of ether oxygens (including phenoxy) is 1. The van der Waals surface area contributed by atoms with E-state index in [4.69, 9.17) is 21.8 Å². The van der Waals surface area contributed by atoms with Gasteiger partial charge >= 0.3 is 11.9 Å². The summed E-state index contributed by atoms with van der Waals surface area (Å²) in [6.45, 7) is 1.06. The quantitative estimate of drug-likeness (QED) is 0.425. The van der Waals surface area contributed by atoms with Crippen LogP contribution in [0, 0.1) is 23.7 Å². The first-order chi connectivity index (χ1) is 13.0. The van der Waals surface area contributed by atoms with Crippen molar-refractivity contribution in [1.82, 2.24) is 0 Å². The first kappa shape index (κ1) is 22.9. The molecule has 0 aromatic rings. The van der Waals surface area contributed by atoms with E-state index in [0.29, 0.717) is 31.0 Å². The molecule has 2 saturated carbocycles. The summed E-state index contributed by atoms with van der Waals surface area (Å²) in [4.78, 5) is 20.8. The van der Waals surface area contributed by atoms with Gasteiger partial charge in [-0.3, -0.25) is 0 Å². The summed E-state index contributed by atoms with van der Waals surface area (Å²) in [5, 5.41) is 34.8. The molecule has 0 amide bonds. The minimum Gasteiger partial charge on any atom is -0.473 e. The number of carbonyl (C=O) groups is 2. The summed E-state index contributed by atoms with van der Waals surface area (Å²) in [5.41, 5.74) is 0. The lowest BCUT2D eigenvalue weighted by Crippen LogP contribution is -2.24. The molecule has 0 aliphatic heterocycles. The maximum atomic E-state index is 10.6. The van der Waals surface area contributed by atoms with Gasteiger partial charge in [0.15, 0.2) is 0 Å². The predicted octanol–water partition coefficient (Wildman–Crippen LogP) is 1.83. The smallest absolute Gasteiger partial charge is 0.417 e. The number of carbonyl (C=O) groups excluding carboxylic acids is 1. The van der Waals surface area contributed by atoms with Crippen molar-refractivity contribution in [2.24, 2.45) is 23.7 Å². The minimum atomic E-state index is -1.54. The molecule has 2 aliphatic carbocycles. The maximum Gasteiger partial charge on any atom is 0.417 e. The molecular weight excluding hydrogens is 340 g/mol. The molecule has 2 rings (SSSR count). The SMILES string of the molecule is O=C(O)C(=O)OCC1CCC(CO)CC1.OCC1CCC(CO)CC1.[2H]C. The van der Waals surface area contributed by atoms with Crippen molar-refractivity contribution in [2.45, 2.75) is 58.8 Å². The number of aliphatic hydroxyl groups excluding tert-OH is 3. The van der Waals surface area contributed by atoms with Gasteiger partial charge in [0.25, 0.3) is 0 Å². The lowest BCUT2D eigenvalue weighted by atomic mass is 9.83. The third-order valence-corrected chi connectivity index (χ3v) is 5.33. The zero-order valence-corrected chi connectivity index (χ0v) is 15.8. The Balaban J connectivity index is 0.000000488. The standard InChI is InChI=1S/C10H16O5.C8H16O2.CH4/c11-5-7-1-3-8(4-2-7)6-15-10(14)9(12)13;9-5-7-1-2-8(6-10)4-3-7;/h7-8,11H,1-6H2,(H,12,13);7-10H,1-6H2;1H4/i;;1D. The highest BCUT2D eigenvalue weighted by atomic mass is 16.6. The molecule has 154 valence electrons. The van der Waals surface area contributed by atoms with Crippen LogP contribution in [-0.2, 0) is 14.3 Å². The summed E-state index contributed by atoms with van der Waals surface area (Å²) in [7, 11) is 1.25. The Hall–Kier alpha value is -1.18. The average molecular weight is 377 g/mol. The molecule has 7 nitrogen and oxygen atoms in total. The van der Waals surface area contributed by atoms with Gasteiger partial charge in [0.2, 0.25) is 0 Å². The lowest BCUT2D eigenvalue weighted by molar-refractivity contribution is -0.165. The van der Waals surface area contributed by atoms with E-state index >= 15 is 0 Å². The molecule has 0 unspecified atom stereocenters. The second-order valence-corrected chi connectivity index (χ2v) is 7.22. The number of aliphatic carboxylic acids is 1. The van der Waals surface area contributed by atoms with Crippen molar-refractivity contribution in [3.63, 3.8) is 0 Å². The van der Waals surface area contributed by atoms with Gasteiger partial charge in [0.05, 0.1) is 6.61 Å². The van der Waals surface area contributed by atoms with Crippen molar-refractivity contribution < 1.29 is 36.1 Å². The van der Waals surface area contributed by atoms with Crippen LogP contribution < -0.4 is 0 Å². The molecule has 0 radical (unpaired) electrons. The van der Waals surface area contributed by atoms with Gasteiger partial charge in [-0.25, -0.2) is 9.59 Å². The molecule has 0 bridgehead atoms. The van der Waals surface area contributed by atoms with Gasteiger partial charge in [-0.1, -0.05) is 7.40 Å². The second kappa shape index (κ2) is 13.9. The topological polar surface area (TPSA) is 124 Å². The normalized spacial score (nSPS) is 28.4. The van der Waals surface area contributed by atoms with E-state index in [9.17, 15) is 9.59 Å². The number of carboxylic acids is 1. The Kier molecular flexibility index (Phi) is 12.3. The maximum absolute atomic E-state index is 10.6. The Morgan fingerprint density at radius 3 is 1.35 bits per heavy atom. The van der Waals surface area contributed by atoms with Crippen molar-refractivity contribution >= 4 is 11.9 Å². The molecule has 0 saturated heterocycles. The first-order valence-electron chi connectivity index (χ1n) is 10.2. The molecule has 0 aromatic heterocycles. The van der Waals surface area contributed by atoms with Crippen LogP contribution in [0.25, 0.3) is 0 Å². The van der Waals surface area contributed by atoms with Crippen molar-refractivity contribution in [2.75, 3.05) is 26.4 Å². The fourth-order valence-electron chi connectivity index (χ4n) is 3.43. The van der Waals surface area contributed by atoms with Crippen LogP contribution in [0.4, 0.5) is 0 Å². The Morgan fingerprint density at radius 1 is 0.769 bits per heavy atom. The highest BCUT2D eigenvalue weighted by Gasteiger charge is 2.23. The monoisotopic (exact) mass is 377 g/mol. The van der Waals surface area contributed by atoms with E-state index in [-0.39, 0.29) is 19.1 Å². The summed E-state index contributed by atoms with van der Waals surface area (Å²) < 4.78 is 10.4. The van der Waals surface area contributed by atoms with Gasteiger partial charge in [-0.2, -0.15) is 0 Å². The van der Waals surface area contributed by atoms with Crippen molar-refractivity contribution in [1.29, 1.82) is 0 Å². The van der Waals surface area contributed by atoms with Gasteiger partial charge in [0, 0.05) is 21.2 Å². The van der Waals surface area contributed by atoms with Crippen LogP contribution in [0.2, 0.25) is 0 Å². The van der Waals surface area contributed by atoms with Crippen LogP contribution in [0.15, 0.2) is 0 Å². The van der Waals surface area contributed by atoms with Crippen LogP contribution >= 0.6 is 0 Å². The lowest BCUT2D eigenvalue weighted by Gasteiger charge is -2.26. The van der Waals surface area contributed by atoms with Gasteiger partial charge in [-0.05, 0) is 75.0 Å². The molecule has 0 atom stereocenters. The third kappa shape index (κ3) is 9.50. The van der Waals surface area contributed by atoms with Gasteiger partial charge in [0.1, 0.15) is 0 Å². The number of carboxylic acid groups (broad SMARTS) is 1. The molecule has 2 fully saturated rings. The minimum absolute atomic E-state index is 0.184. The zero-order valence-electron chi connectivity index (χ0n) is 16.8. The molecule has 4 N–H and O–H groups in total. The van der Waals surface area contributed by atoms with Gasteiger partial charge < -0.3 is 25.2 Å². The third-order valence-electron chi connectivity index (χ3n) is 5.33. The fraction of sp³-hybridized carbons (Fsp3) is 0.895. The average Bonchev–Trinajstić information content (AvgIpc) is 2.74. The number of aliphatic hydroxyl groups is 3. The second-order valence-electron chi connectivity index (χ2n) is 7.22. The summed E-state index contributed by atoms with van der Waals surface area (Å²) >= 11 is 0. The number of hydrogen-bond acceptors (Lipinski definition) is 6. The van der Waals surface area contributed by atoms with Crippen LogP contribution in [-0.4, -0.2) is 58.8 Å². The zero-order chi connectivity index (χ0) is 20.7. The van der Waals surface area contributed by atoms with Crippen LogP contribution in [0.5, 0.6) is 0 Å². The van der Waals surface area contributed by atoms with E-state index in [1.54, 1.807) is 0 Å². The first-order valence-corrected chi connectivity index (χ1v) is 9.22. The highest BCUT2D eigenvalue weighted by Crippen LogP contribution is 2.28. The number of hydrogen-bond donors (Lipinski definition) is 4. The van der Waals surface area contributed by atoms with E-state index < -0.39 is 11.9 Å². The summed E-state index contributed by atoms with van der Waals surface area (Å²) in [5.74, 6) is -1.09. The summed E-state index contributed by atoms with van der Waals surface area (Å²) in [6.07, 6.45) is 8.01. The van der Waals surface area contributed by atoms with Crippen molar-refractivity contribution in [3.05, 3.63) is 0 Å². The molecule has 0 heterocycles. The predicted molar refractivity (Wildman–Crippen MR) is 97.5 cm³/mol. The number of esters is 1. The highest BCUT2D eigenvalue weighted by molar-refractivity contribution is 6.28. The molecule has 0 aromatic carbocycles.